The summed E-state index contributed by atoms with van der Waals surface area (Å²) in [7, 11) is 0. The molecule has 1 saturated heterocycles. The number of anilines is 1. The number of rotatable bonds is 4. The standard InChI is InChI=1S/C25H22FN5O2/c1-15(32)31-14-2-3-20(31)25(33)29-21-9-8-19-22(16-10-12-27-13-11-16)23(30-24(19)28-21)17-4-6-18(26)7-5-17/h4-13,20H,2-3,14H2,1H3,(H2,28,29,30,33)/t20-/m0/s1. The first kappa shape index (κ1) is 20.8. The Morgan fingerprint density at radius 1 is 1.06 bits per heavy atom. The lowest BCUT2D eigenvalue weighted by atomic mass is 10.00. The second-order valence-electron chi connectivity index (χ2n) is 8.07. The maximum Gasteiger partial charge on any atom is 0.248 e. The summed E-state index contributed by atoms with van der Waals surface area (Å²) in [5, 5.41) is 3.72. The van der Waals surface area contributed by atoms with E-state index in [9.17, 15) is 14.0 Å². The molecular formula is C25H22FN5O2. The Hall–Kier alpha value is -4.07. The highest BCUT2D eigenvalue weighted by atomic mass is 19.1. The van der Waals surface area contributed by atoms with Gasteiger partial charge < -0.3 is 15.2 Å². The third kappa shape index (κ3) is 3.95. The van der Waals surface area contributed by atoms with Crippen LogP contribution in [-0.2, 0) is 9.59 Å². The number of aromatic nitrogens is 3. The van der Waals surface area contributed by atoms with Crippen LogP contribution in [0, 0.1) is 5.82 Å². The maximum atomic E-state index is 13.5. The van der Waals surface area contributed by atoms with Crippen molar-refractivity contribution in [3.63, 3.8) is 0 Å². The molecule has 8 heteroatoms. The molecule has 33 heavy (non-hydrogen) atoms. The second kappa shape index (κ2) is 8.46. The minimum absolute atomic E-state index is 0.105. The molecule has 1 aliphatic heterocycles. The molecule has 3 aromatic heterocycles. The highest BCUT2D eigenvalue weighted by Gasteiger charge is 2.32. The van der Waals surface area contributed by atoms with E-state index in [1.165, 1.54) is 19.1 Å². The number of amides is 2. The maximum absolute atomic E-state index is 13.5. The number of nitrogens with one attached hydrogen (secondary N) is 2. The van der Waals surface area contributed by atoms with Crippen LogP contribution >= 0.6 is 0 Å². The first-order chi connectivity index (χ1) is 16.0. The monoisotopic (exact) mass is 443 g/mol. The Labute approximate surface area is 189 Å². The Balaban J connectivity index is 1.54. The van der Waals surface area contributed by atoms with E-state index >= 15 is 0 Å². The number of aromatic amines is 1. The zero-order valence-corrected chi connectivity index (χ0v) is 18.0. The molecule has 1 fully saturated rings. The lowest BCUT2D eigenvalue weighted by molar-refractivity contribution is -0.134. The van der Waals surface area contributed by atoms with Gasteiger partial charge in [0.1, 0.15) is 23.3 Å². The lowest BCUT2D eigenvalue weighted by Crippen LogP contribution is -2.42. The minimum Gasteiger partial charge on any atom is -0.339 e. The van der Waals surface area contributed by atoms with E-state index < -0.39 is 6.04 Å². The van der Waals surface area contributed by atoms with Crippen molar-refractivity contribution < 1.29 is 14.0 Å². The first-order valence-electron chi connectivity index (χ1n) is 10.8. The van der Waals surface area contributed by atoms with Crippen LogP contribution in [0.2, 0.25) is 0 Å². The summed E-state index contributed by atoms with van der Waals surface area (Å²) in [5.41, 5.74) is 4.06. The molecule has 0 bridgehead atoms. The molecule has 5 rings (SSSR count). The SMILES string of the molecule is CC(=O)N1CCC[C@H]1C(=O)Nc1ccc2c(-c3ccncc3)c(-c3ccc(F)cc3)[nH]c2n1. The highest BCUT2D eigenvalue weighted by Crippen LogP contribution is 2.38. The molecule has 2 amide bonds. The summed E-state index contributed by atoms with van der Waals surface area (Å²) < 4.78 is 13.5. The Bertz CT molecular complexity index is 1330. The number of carbonyl (C=O) groups is 2. The van der Waals surface area contributed by atoms with E-state index in [1.54, 1.807) is 35.5 Å². The van der Waals surface area contributed by atoms with Gasteiger partial charge in [0.15, 0.2) is 0 Å². The van der Waals surface area contributed by atoms with Gasteiger partial charge in [0.25, 0.3) is 0 Å². The number of hydrogen-bond acceptors (Lipinski definition) is 4. The molecular weight excluding hydrogens is 421 g/mol. The lowest BCUT2D eigenvalue weighted by Gasteiger charge is -2.22. The van der Waals surface area contributed by atoms with E-state index in [-0.39, 0.29) is 17.6 Å². The summed E-state index contributed by atoms with van der Waals surface area (Å²) in [6.07, 6.45) is 4.87. The summed E-state index contributed by atoms with van der Waals surface area (Å²) >= 11 is 0. The van der Waals surface area contributed by atoms with Crippen molar-refractivity contribution in [3.8, 4) is 22.4 Å². The average Bonchev–Trinajstić information content (AvgIpc) is 3.45. The molecule has 0 spiro atoms. The van der Waals surface area contributed by atoms with Gasteiger partial charge in [-0.05, 0) is 72.5 Å². The van der Waals surface area contributed by atoms with E-state index in [4.69, 9.17) is 0 Å². The van der Waals surface area contributed by atoms with Crippen LogP contribution in [0.4, 0.5) is 10.2 Å². The fourth-order valence-electron chi connectivity index (χ4n) is 4.42. The van der Waals surface area contributed by atoms with Crippen molar-refractivity contribution in [1.82, 2.24) is 19.9 Å². The van der Waals surface area contributed by atoms with Crippen molar-refractivity contribution in [2.24, 2.45) is 0 Å². The Kier molecular flexibility index (Phi) is 5.34. The number of nitrogens with zero attached hydrogens (tertiary/aromatic N) is 3. The van der Waals surface area contributed by atoms with E-state index in [0.29, 0.717) is 24.4 Å². The number of hydrogen-bond donors (Lipinski definition) is 2. The third-order valence-corrected chi connectivity index (χ3v) is 5.97. The molecule has 2 N–H and O–H groups in total. The van der Waals surface area contributed by atoms with Gasteiger partial charge in [-0.1, -0.05) is 0 Å². The van der Waals surface area contributed by atoms with Gasteiger partial charge in [-0.2, -0.15) is 0 Å². The van der Waals surface area contributed by atoms with Crippen LogP contribution < -0.4 is 5.32 Å². The second-order valence-corrected chi connectivity index (χ2v) is 8.07. The average molecular weight is 443 g/mol. The molecule has 0 aliphatic carbocycles. The van der Waals surface area contributed by atoms with Crippen LogP contribution in [0.25, 0.3) is 33.4 Å². The number of pyridine rings is 2. The van der Waals surface area contributed by atoms with Crippen LogP contribution in [0.3, 0.4) is 0 Å². The van der Waals surface area contributed by atoms with Crippen LogP contribution in [-0.4, -0.2) is 44.3 Å². The number of H-pyrrole nitrogens is 1. The molecule has 1 aliphatic rings. The predicted octanol–water partition coefficient (Wildman–Crippen LogP) is 4.38. The van der Waals surface area contributed by atoms with Gasteiger partial charge in [0.05, 0.1) is 5.69 Å². The van der Waals surface area contributed by atoms with Gasteiger partial charge in [0, 0.05) is 36.8 Å². The van der Waals surface area contributed by atoms with Crippen LogP contribution in [0.5, 0.6) is 0 Å². The number of halogens is 1. The zero-order valence-electron chi connectivity index (χ0n) is 18.0. The van der Waals surface area contributed by atoms with Crippen molar-refractivity contribution in [2.45, 2.75) is 25.8 Å². The number of fused-ring (bicyclic) bond motifs is 1. The number of carbonyl (C=O) groups excluding carboxylic acids is 2. The summed E-state index contributed by atoms with van der Waals surface area (Å²) in [6.45, 7) is 2.07. The molecule has 7 nitrogen and oxygen atoms in total. The third-order valence-electron chi connectivity index (χ3n) is 5.97. The molecule has 4 aromatic rings. The fourth-order valence-corrected chi connectivity index (χ4v) is 4.42. The van der Waals surface area contributed by atoms with Crippen molar-refractivity contribution >= 4 is 28.7 Å². The molecule has 166 valence electrons. The molecule has 0 unspecified atom stereocenters. The van der Waals surface area contributed by atoms with Gasteiger partial charge in [0.2, 0.25) is 11.8 Å². The van der Waals surface area contributed by atoms with Gasteiger partial charge in [-0.3, -0.25) is 14.6 Å². The van der Waals surface area contributed by atoms with Crippen LogP contribution in [0.1, 0.15) is 19.8 Å². The van der Waals surface area contributed by atoms with Gasteiger partial charge in [-0.25, -0.2) is 9.37 Å². The van der Waals surface area contributed by atoms with Gasteiger partial charge >= 0.3 is 0 Å². The fraction of sp³-hybridized carbons (Fsp3) is 0.200. The van der Waals surface area contributed by atoms with Crippen LogP contribution in [0.15, 0.2) is 60.9 Å². The molecule has 0 radical (unpaired) electrons. The zero-order chi connectivity index (χ0) is 22.9. The van der Waals surface area contributed by atoms with E-state index in [1.807, 2.05) is 18.2 Å². The first-order valence-corrected chi connectivity index (χ1v) is 10.8. The Morgan fingerprint density at radius 3 is 2.55 bits per heavy atom. The molecule has 4 heterocycles. The quantitative estimate of drug-likeness (QED) is 0.490. The van der Waals surface area contributed by atoms with E-state index in [2.05, 4.69) is 20.3 Å². The predicted molar refractivity (Wildman–Crippen MR) is 124 cm³/mol. The molecule has 1 atom stereocenters. The van der Waals surface area contributed by atoms with Crippen molar-refractivity contribution in [1.29, 1.82) is 0 Å². The van der Waals surface area contributed by atoms with E-state index in [0.717, 1.165) is 34.2 Å². The Morgan fingerprint density at radius 2 is 1.82 bits per heavy atom. The van der Waals surface area contributed by atoms with Crippen molar-refractivity contribution in [3.05, 3.63) is 66.7 Å². The topological polar surface area (TPSA) is 91.0 Å². The molecule has 0 saturated carbocycles. The molecule has 1 aromatic carbocycles. The minimum atomic E-state index is -0.481. The largest absolute Gasteiger partial charge is 0.339 e. The highest BCUT2D eigenvalue weighted by molar-refractivity contribution is 6.04. The summed E-state index contributed by atoms with van der Waals surface area (Å²) in [6, 6.07) is 13.2. The van der Waals surface area contributed by atoms with Crippen molar-refractivity contribution in [2.75, 3.05) is 11.9 Å². The number of benzene rings is 1. The smallest absolute Gasteiger partial charge is 0.248 e. The number of likely N-dealkylation sites (tertiary alicyclic amines) is 1. The normalized spacial score (nSPS) is 15.7. The van der Waals surface area contributed by atoms with Gasteiger partial charge in [-0.15, -0.1) is 0 Å². The summed E-state index contributed by atoms with van der Waals surface area (Å²) in [4.78, 5) is 38.3. The summed E-state index contributed by atoms with van der Waals surface area (Å²) in [5.74, 6) is -0.258.